The molecular formula is C19H18Cl2N2O5S2. The standard InChI is InChI=1S/C19H18Cl2N2O5S2/c20-15-6-5-13(16(21)14(15)8-23-30(27,28)9-11-3-4-11)19-18(24)17-12(2-1-7-22-17)10-29(19,25)26/h1-2,5-7,11,23-24H,3-4,8-10H2. The number of benzene rings is 1. The van der Waals surface area contributed by atoms with Crippen molar-refractivity contribution in [1.82, 2.24) is 9.71 Å². The van der Waals surface area contributed by atoms with Crippen LogP contribution in [0.15, 0.2) is 30.5 Å². The molecule has 2 N–H and O–H groups in total. The van der Waals surface area contributed by atoms with Crippen LogP contribution in [0.3, 0.4) is 0 Å². The second-order valence-electron chi connectivity index (χ2n) is 7.38. The minimum absolute atomic E-state index is 0.0324. The predicted molar refractivity (Wildman–Crippen MR) is 116 cm³/mol. The van der Waals surface area contributed by atoms with E-state index in [1.54, 1.807) is 12.1 Å². The molecule has 11 heteroatoms. The van der Waals surface area contributed by atoms with Crippen molar-refractivity contribution in [1.29, 1.82) is 0 Å². The highest BCUT2D eigenvalue weighted by molar-refractivity contribution is 8.00. The highest BCUT2D eigenvalue weighted by atomic mass is 35.5. The molecule has 0 spiro atoms. The quantitative estimate of drug-likeness (QED) is 0.642. The molecule has 0 radical (unpaired) electrons. The van der Waals surface area contributed by atoms with Crippen LogP contribution in [0.25, 0.3) is 10.7 Å². The van der Waals surface area contributed by atoms with E-state index in [1.165, 1.54) is 18.3 Å². The topological polar surface area (TPSA) is 113 Å². The zero-order valence-electron chi connectivity index (χ0n) is 15.6. The summed E-state index contributed by atoms with van der Waals surface area (Å²) < 4.78 is 52.7. The SMILES string of the molecule is O=S(=O)(CC1CC1)NCc1c(Cl)ccc(C2=C(O)c3ncccc3CS2(=O)=O)c1Cl. The number of aliphatic hydroxyl groups is 1. The van der Waals surface area contributed by atoms with E-state index in [1.807, 2.05) is 0 Å². The number of pyridine rings is 1. The molecule has 7 nitrogen and oxygen atoms in total. The number of sulfonamides is 1. The molecule has 1 aromatic carbocycles. The summed E-state index contributed by atoms with van der Waals surface area (Å²) in [6.45, 7) is -0.191. The van der Waals surface area contributed by atoms with Gasteiger partial charge in [-0.15, -0.1) is 0 Å². The van der Waals surface area contributed by atoms with Crippen molar-refractivity contribution in [2.45, 2.75) is 25.1 Å². The molecule has 0 unspecified atom stereocenters. The van der Waals surface area contributed by atoms with Gasteiger partial charge in [-0.05, 0) is 36.5 Å². The molecule has 1 aromatic heterocycles. The first-order chi connectivity index (χ1) is 14.1. The summed E-state index contributed by atoms with van der Waals surface area (Å²) >= 11 is 12.7. The molecule has 1 fully saturated rings. The molecule has 160 valence electrons. The van der Waals surface area contributed by atoms with Crippen LogP contribution in [-0.2, 0) is 32.2 Å². The van der Waals surface area contributed by atoms with Crippen molar-refractivity contribution in [2.24, 2.45) is 5.92 Å². The molecule has 1 saturated carbocycles. The first-order valence-electron chi connectivity index (χ1n) is 9.14. The van der Waals surface area contributed by atoms with Gasteiger partial charge in [-0.1, -0.05) is 35.3 Å². The van der Waals surface area contributed by atoms with E-state index < -0.39 is 25.6 Å². The average Bonchev–Trinajstić information content (AvgIpc) is 3.46. The normalized spacial score (nSPS) is 18.3. The van der Waals surface area contributed by atoms with Crippen LogP contribution in [0, 0.1) is 5.92 Å². The van der Waals surface area contributed by atoms with Crippen molar-refractivity contribution in [2.75, 3.05) is 5.75 Å². The number of sulfone groups is 1. The van der Waals surface area contributed by atoms with E-state index >= 15 is 0 Å². The third kappa shape index (κ3) is 4.22. The summed E-state index contributed by atoms with van der Waals surface area (Å²) in [5.74, 6) is -0.633. The van der Waals surface area contributed by atoms with E-state index in [0.717, 1.165) is 12.8 Å². The zero-order valence-corrected chi connectivity index (χ0v) is 18.7. The maximum atomic E-state index is 12.9. The summed E-state index contributed by atoms with van der Waals surface area (Å²) in [6.07, 6.45) is 3.23. The fraction of sp³-hybridized carbons (Fsp3) is 0.316. The van der Waals surface area contributed by atoms with Gasteiger partial charge < -0.3 is 5.11 Å². The van der Waals surface area contributed by atoms with E-state index in [9.17, 15) is 21.9 Å². The molecule has 2 aromatic rings. The van der Waals surface area contributed by atoms with Gasteiger partial charge in [0.25, 0.3) is 0 Å². The fourth-order valence-corrected chi connectivity index (χ4v) is 7.14. The summed E-state index contributed by atoms with van der Waals surface area (Å²) in [5, 5.41) is 10.8. The molecule has 2 aliphatic rings. The molecule has 1 aliphatic carbocycles. The van der Waals surface area contributed by atoms with Crippen LogP contribution in [0.1, 0.15) is 35.2 Å². The Labute approximate surface area is 184 Å². The predicted octanol–water partition coefficient (Wildman–Crippen LogP) is 3.53. The second-order valence-corrected chi connectivity index (χ2v) is 11.9. The van der Waals surface area contributed by atoms with Crippen molar-refractivity contribution >= 4 is 53.7 Å². The molecule has 0 amide bonds. The first-order valence-corrected chi connectivity index (χ1v) is 13.2. The smallest absolute Gasteiger partial charge is 0.212 e. The maximum absolute atomic E-state index is 12.9. The third-order valence-corrected chi connectivity index (χ3v) is 9.05. The molecule has 0 atom stereocenters. The first kappa shape index (κ1) is 21.6. The lowest BCUT2D eigenvalue weighted by Gasteiger charge is -2.21. The summed E-state index contributed by atoms with van der Waals surface area (Å²) in [4.78, 5) is 3.73. The Morgan fingerprint density at radius 3 is 2.63 bits per heavy atom. The Balaban J connectivity index is 1.76. The van der Waals surface area contributed by atoms with Crippen molar-refractivity contribution in [3.63, 3.8) is 0 Å². The van der Waals surface area contributed by atoms with Crippen LogP contribution >= 0.6 is 23.2 Å². The Kier molecular flexibility index (Phi) is 5.61. The average molecular weight is 489 g/mol. The third-order valence-electron chi connectivity index (χ3n) is 5.04. The lowest BCUT2D eigenvalue weighted by atomic mass is 10.1. The van der Waals surface area contributed by atoms with Crippen LogP contribution in [0.5, 0.6) is 0 Å². The van der Waals surface area contributed by atoms with Gasteiger partial charge in [0.05, 0.1) is 16.5 Å². The summed E-state index contributed by atoms with van der Waals surface area (Å²) in [5.41, 5.74) is 0.834. The monoisotopic (exact) mass is 488 g/mol. The Morgan fingerprint density at radius 2 is 1.93 bits per heavy atom. The van der Waals surface area contributed by atoms with Crippen molar-refractivity contribution in [3.05, 3.63) is 62.9 Å². The van der Waals surface area contributed by atoms with Crippen LogP contribution < -0.4 is 4.72 Å². The van der Waals surface area contributed by atoms with Gasteiger partial charge in [-0.2, -0.15) is 0 Å². The second kappa shape index (κ2) is 7.80. The Morgan fingerprint density at radius 1 is 1.20 bits per heavy atom. The van der Waals surface area contributed by atoms with Gasteiger partial charge in [-0.3, -0.25) is 4.98 Å². The van der Waals surface area contributed by atoms with E-state index in [0.29, 0.717) is 5.56 Å². The number of aromatic nitrogens is 1. The van der Waals surface area contributed by atoms with Crippen LogP contribution in [0.2, 0.25) is 10.0 Å². The number of rotatable bonds is 6. The van der Waals surface area contributed by atoms with Gasteiger partial charge in [0.1, 0.15) is 10.6 Å². The molecule has 30 heavy (non-hydrogen) atoms. The molecule has 0 saturated heterocycles. The fourth-order valence-electron chi connectivity index (χ4n) is 3.37. The highest BCUT2D eigenvalue weighted by Crippen LogP contribution is 2.42. The van der Waals surface area contributed by atoms with Gasteiger partial charge >= 0.3 is 0 Å². The largest absolute Gasteiger partial charge is 0.504 e. The van der Waals surface area contributed by atoms with Gasteiger partial charge in [-0.25, -0.2) is 21.6 Å². The Hall–Kier alpha value is -1.65. The van der Waals surface area contributed by atoms with Crippen LogP contribution in [-0.4, -0.2) is 32.7 Å². The lowest BCUT2D eigenvalue weighted by Crippen LogP contribution is -2.27. The number of hydrogen-bond acceptors (Lipinski definition) is 6. The van der Waals surface area contributed by atoms with E-state index in [2.05, 4.69) is 9.71 Å². The molecule has 4 rings (SSSR count). The van der Waals surface area contributed by atoms with Crippen molar-refractivity contribution in [3.8, 4) is 0 Å². The minimum Gasteiger partial charge on any atom is -0.504 e. The van der Waals surface area contributed by atoms with E-state index in [4.69, 9.17) is 23.2 Å². The Bertz CT molecular complexity index is 1270. The zero-order chi connectivity index (χ0) is 21.7. The number of hydrogen-bond donors (Lipinski definition) is 2. The number of nitrogens with zero attached hydrogens (tertiary/aromatic N) is 1. The van der Waals surface area contributed by atoms with Gasteiger partial charge in [0, 0.05) is 28.9 Å². The minimum atomic E-state index is -3.92. The summed E-state index contributed by atoms with van der Waals surface area (Å²) in [7, 11) is -7.44. The van der Waals surface area contributed by atoms with Gasteiger partial charge in [0.15, 0.2) is 15.6 Å². The number of halogens is 2. The molecule has 0 bridgehead atoms. The highest BCUT2D eigenvalue weighted by Gasteiger charge is 2.35. The number of nitrogens with one attached hydrogen (secondary N) is 1. The van der Waals surface area contributed by atoms with Gasteiger partial charge in [0.2, 0.25) is 10.0 Å². The van der Waals surface area contributed by atoms with E-state index in [-0.39, 0.29) is 55.7 Å². The lowest BCUT2D eigenvalue weighted by molar-refractivity contribution is 0.508. The molecule has 2 heterocycles. The maximum Gasteiger partial charge on any atom is 0.212 e. The van der Waals surface area contributed by atoms with Crippen LogP contribution in [0.4, 0.5) is 0 Å². The number of aliphatic hydroxyl groups excluding tert-OH is 1. The molecule has 1 aliphatic heterocycles. The summed E-state index contributed by atoms with van der Waals surface area (Å²) in [6, 6.07) is 5.99. The molecular weight excluding hydrogens is 471 g/mol. The number of fused-ring (bicyclic) bond motifs is 1. The van der Waals surface area contributed by atoms with Crippen molar-refractivity contribution < 1.29 is 21.9 Å².